The molecule has 2 aromatic carbocycles. The molecule has 0 bridgehead atoms. The number of hydrogen-bond donors (Lipinski definition) is 3. The molecule has 0 saturated carbocycles. The molecule has 3 N–H and O–H groups in total. The van der Waals surface area contributed by atoms with Crippen LogP contribution in [0.1, 0.15) is 38.1 Å². The maximum atomic E-state index is 13.1. The van der Waals surface area contributed by atoms with Crippen molar-refractivity contribution in [3.05, 3.63) is 81.5 Å². The Balaban J connectivity index is 1.71. The van der Waals surface area contributed by atoms with Crippen molar-refractivity contribution in [1.82, 2.24) is 5.32 Å². The molecule has 3 rings (SSSR count). The zero-order valence-electron chi connectivity index (χ0n) is 16.7. The molecular weight excluding hydrogens is 443 g/mol. The summed E-state index contributed by atoms with van der Waals surface area (Å²) in [7, 11) is 0. The molecule has 0 radical (unpaired) electrons. The third-order valence-electron chi connectivity index (χ3n) is 4.32. The van der Waals surface area contributed by atoms with Crippen molar-refractivity contribution in [2.24, 2.45) is 0 Å². The second-order valence-electron chi connectivity index (χ2n) is 6.75. The van der Waals surface area contributed by atoms with E-state index < -0.39 is 23.6 Å². The van der Waals surface area contributed by atoms with Gasteiger partial charge in [-0.15, -0.1) is 11.3 Å². The maximum Gasteiger partial charge on any atom is 0.416 e. The van der Waals surface area contributed by atoms with E-state index in [9.17, 15) is 27.6 Å². The van der Waals surface area contributed by atoms with Crippen molar-refractivity contribution in [2.75, 3.05) is 10.6 Å². The summed E-state index contributed by atoms with van der Waals surface area (Å²) in [5.74, 6) is -1.35. The lowest BCUT2D eigenvalue weighted by Gasteiger charge is -2.15. The van der Waals surface area contributed by atoms with Crippen LogP contribution in [-0.4, -0.2) is 17.7 Å². The third kappa shape index (κ3) is 5.94. The quantitative estimate of drug-likeness (QED) is 0.488. The van der Waals surface area contributed by atoms with Crippen LogP contribution in [0.25, 0.3) is 0 Å². The van der Waals surface area contributed by atoms with E-state index in [4.69, 9.17) is 0 Å². The Labute approximate surface area is 185 Å². The van der Waals surface area contributed by atoms with Crippen molar-refractivity contribution in [1.29, 1.82) is 0 Å². The maximum absolute atomic E-state index is 13.1. The van der Waals surface area contributed by atoms with Crippen molar-refractivity contribution in [3.63, 3.8) is 0 Å². The summed E-state index contributed by atoms with van der Waals surface area (Å²) in [5, 5.41) is 9.36. The van der Waals surface area contributed by atoms with Crippen LogP contribution < -0.4 is 16.0 Å². The molecule has 3 amide bonds. The minimum Gasteiger partial charge on any atom is -0.347 e. The minimum atomic E-state index is -4.61. The lowest BCUT2D eigenvalue weighted by Crippen LogP contribution is -2.21. The first-order valence-corrected chi connectivity index (χ1v) is 10.2. The smallest absolute Gasteiger partial charge is 0.347 e. The van der Waals surface area contributed by atoms with Gasteiger partial charge in [0, 0.05) is 19.0 Å². The Morgan fingerprint density at radius 3 is 2.22 bits per heavy atom. The summed E-state index contributed by atoms with van der Waals surface area (Å²) in [5.41, 5.74) is -0.146. The lowest BCUT2D eigenvalue weighted by atomic mass is 10.1. The summed E-state index contributed by atoms with van der Waals surface area (Å²) < 4.78 is 39.2. The van der Waals surface area contributed by atoms with E-state index in [0.717, 1.165) is 23.8 Å². The van der Waals surface area contributed by atoms with Gasteiger partial charge < -0.3 is 16.0 Å². The number of benzene rings is 2. The normalized spacial score (nSPS) is 11.0. The van der Waals surface area contributed by atoms with Crippen LogP contribution >= 0.6 is 11.3 Å². The van der Waals surface area contributed by atoms with Gasteiger partial charge >= 0.3 is 6.18 Å². The number of thiophene rings is 1. The molecule has 6 nitrogen and oxygen atoms in total. The molecule has 0 spiro atoms. The number of halogens is 3. The number of hydrogen-bond acceptors (Lipinski definition) is 4. The van der Waals surface area contributed by atoms with Crippen LogP contribution in [0, 0.1) is 0 Å². The Bertz CT molecular complexity index is 1130. The highest BCUT2D eigenvalue weighted by Crippen LogP contribution is 2.34. The predicted molar refractivity (Wildman–Crippen MR) is 116 cm³/mol. The highest BCUT2D eigenvalue weighted by molar-refractivity contribution is 7.12. The van der Waals surface area contributed by atoms with E-state index in [2.05, 4.69) is 16.0 Å². The van der Waals surface area contributed by atoms with E-state index in [1.54, 1.807) is 29.6 Å². The molecule has 10 heteroatoms. The van der Waals surface area contributed by atoms with Gasteiger partial charge in [0.25, 0.3) is 11.8 Å². The van der Waals surface area contributed by atoms with E-state index in [0.29, 0.717) is 4.88 Å². The Morgan fingerprint density at radius 2 is 1.62 bits per heavy atom. The van der Waals surface area contributed by atoms with Gasteiger partial charge in [0.05, 0.1) is 21.8 Å². The number of amides is 3. The molecule has 0 fully saturated rings. The zero-order chi connectivity index (χ0) is 23.3. The first-order valence-electron chi connectivity index (χ1n) is 9.34. The summed E-state index contributed by atoms with van der Waals surface area (Å²) in [6, 6.07) is 12.4. The van der Waals surface area contributed by atoms with Crippen LogP contribution in [-0.2, 0) is 17.5 Å². The van der Waals surface area contributed by atoms with Gasteiger partial charge in [-0.05, 0) is 47.3 Å². The fourth-order valence-corrected chi connectivity index (χ4v) is 3.41. The number of carbonyl (C=O) groups excluding carboxylic acids is 3. The van der Waals surface area contributed by atoms with E-state index in [1.165, 1.54) is 30.4 Å². The van der Waals surface area contributed by atoms with Gasteiger partial charge in [-0.2, -0.15) is 13.2 Å². The van der Waals surface area contributed by atoms with E-state index in [-0.39, 0.29) is 29.4 Å². The van der Waals surface area contributed by atoms with Crippen molar-refractivity contribution in [2.45, 2.75) is 19.6 Å². The summed E-state index contributed by atoms with van der Waals surface area (Å²) in [4.78, 5) is 36.5. The van der Waals surface area contributed by atoms with Gasteiger partial charge in [-0.1, -0.05) is 18.2 Å². The summed E-state index contributed by atoms with van der Waals surface area (Å²) in [6.07, 6.45) is -4.61. The Hall–Kier alpha value is -3.66. The molecule has 0 atom stereocenters. The number of nitrogens with one attached hydrogen (secondary N) is 3. The highest BCUT2D eigenvalue weighted by atomic mass is 32.1. The lowest BCUT2D eigenvalue weighted by molar-refractivity contribution is -0.137. The molecule has 0 unspecified atom stereocenters. The Morgan fingerprint density at radius 1 is 0.906 bits per heavy atom. The van der Waals surface area contributed by atoms with E-state index in [1.807, 2.05) is 0 Å². The number of rotatable bonds is 6. The largest absolute Gasteiger partial charge is 0.416 e. The molecule has 0 saturated heterocycles. The minimum absolute atomic E-state index is 0.0479. The van der Waals surface area contributed by atoms with Gasteiger partial charge in [0.2, 0.25) is 5.91 Å². The van der Waals surface area contributed by atoms with Crippen LogP contribution in [0.15, 0.2) is 60.0 Å². The van der Waals surface area contributed by atoms with Crippen molar-refractivity contribution < 1.29 is 27.6 Å². The van der Waals surface area contributed by atoms with Crippen LogP contribution in [0.4, 0.5) is 24.5 Å². The highest BCUT2D eigenvalue weighted by Gasteiger charge is 2.31. The first-order chi connectivity index (χ1) is 15.1. The summed E-state index contributed by atoms with van der Waals surface area (Å²) in [6.45, 7) is 1.46. The molecule has 166 valence electrons. The number of alkyl halides is 3. The van der Waals surface area contributed by atoms with E-state index >= 15 is 0 Å². The average molecular weight is 461 g/mol. The standard InChI is InChI=1S/C22H18F3N3O3S/c1-13(29)27-17-9-8-16(22(23,24)25)11-18(17)28-20(30)15-6-4-14(5-7-15)12-26-21(31)19-3-2-10-32-19/h2-11H,12H2,1H3,(H,26,31)(H,27,29)(H,28,30). The molecule has 32 heavy (non-hydrogen) atoms. The first kappa shape index (κ1) is 23.0. The van der Waals surface area contributed by atoms with Gasteiger partial charge in [0.15, 0.2) is 0 Å². The molecular formula is C22H18F3N3O3S. The monoisotopic (exact) mass is 461 g/mol. The van der Waals surface area contributed by atoms with Crippen LogP contribution in [0.2, 0.25) is 0 Å². The average Bonchev–Trinajstić information content (AvgIpc) is 3.27. The SMILES string of the molecule is CC(=O)Nc1ccc(C(F)(F)F)cc1NC(=O)c1ccc(CNC(=O)c2cccs2)cc1. The Kier molecular flexibility index (Phi) is 6.94. The zero-order valence-corrected chi connectivity index (χ0v) is 17.6. The fraction of sp³-hybridized carbons (Fsp3) is 0.136. The number of anilines is 2. The van der Waals surface area contributed by atoms with Gasteiger partial charge in [-0.25, -0.2) is 0 Å². The van der Waals surface area contributed by atoms with Crippen LogP contribution in [0.5, 0.6) is 0 Å². The molecule has 0 aliphatic heterocycles. The third-order valence-corrected chi connectivity index (χ3v) is 5.19. The topological polar surface area (TPSA) is 87.3 Å². The molecule has 0 aliphatic carbocycles. The second kappa shape index (κ2) is 9.65. The molecule has 1 heterocycles. The van der Waals surface area contributed by atoms with Crippen molar-refractivity contribution >= 4 is 40.4 Å². The van der Waals surface area contributed by atoms with Gasteiger partial charge in [0.1, 0.15) is 0 Å². The predicted octanol–water partition coefficient (Wildman–Crippen LogP) is 4.91. The summed E-state index contributed by atoms with van der Waals surface area (Å²) >= 11 is 1.32. The van der Waals surface area contributed by atoms with Crippen LogP contribution in [0.3, 0.4) is 0 Å². The second-order valence-corrected chi connectivity index (χ2v) is 7.70. The molecule has 1 aromatic heterocycles. The molecule has 3 aromatic rings. The molecule has 0 aliphatic rings. The fourth-order valence-electron chi connectivity index (χ4n) is 2.77. The number of carbonyl (C=O) groups is 3. The van der Waals surface area contributed by atoms with Gasteiger partial charge in [-0.3, -0.25) is 14.4 Å². The van der Waals surface area contributed by atoms with Crippen molar-refractivity contribution in [3.8, 4) is 0 Å².